The lowest BCUT2D eigenvalue weighted by atomic mass is 10.2. The largest absolute Gasteiger partial charge is 0.456 e. The van der Waals surface area contributed by atoms with Crippen LogP contribution in [0.2, 0.25) is 5.15 Å². The number of hydrogen-bond donors (Lipinski definition) is 1. The van der Waals surface area contributed by atoms with E-state index in [9.17, 15) is 22.8 Å². The Hall–Kier alpha value is -2.55. The molecule has 2 aromatic heterocycles. The number of nitrogens with zero attached hydrogens (tertiary/aromatic N) is 2. The summed E-state index contributed by atoms with van der Waals surface area (Å²) in [6.45, 7) is 11.3. The Morgan fingerprint density at radius 2 is 1.83 bits per heavy atom. The topological polar surface area (TPSA) is 77.0 Å². The number of aromatic amines is 1. The first kappa shape index (κ1) is 24.5. The van der Waals surface area contributed by atoms with Gasteiger partial charge in [-0.25, -0.2) is 14.5 Å². The van der Waals surface area contributed by atoms with Gasteiger partial charge in [0.1, 0.15) is 10.8 Å². The van der Waals surface area contributed by atoms with Crippen LogP contribution in [0, 0.1) is 5.92 Å². The maximum absolute atomic E-state index is 11.9. The predicted molar refractivity (Wildman–Crippen MR) is 104 cm³/mol. The Balaban J connectivity index is 0.000000390. The maximum Gasteiger partial charge on any atom is 0.391 e. The lowest BCUT2D eigenvalue weighted by Crippen LogP contribution is -2.24. The molecule has 0 bridgehead atoms. The molecule has 3 rings (SSSR count). The minimum Gasteiger partial charge on any atom is -0.456 e. The van der Waals surface area contributed by atoms with E-state index in [1.807, 2.05) is 0 Å². The van der Waals surface area contributed by atoms with Gasteiger partial charge in [0, 0.05) is 12.3 Å². The molecule has 0 amide bonds. The summed E-state index contributed by atoms with van der Waals surface area (Å²) in [5.41, 5.74) is -0.677. The smallest absolute Gasteiger partial charge is 0.391 e. The standard InChI is InChI=1S/C13H14ClN3O3.C4H5F3.C2H4/c1-13(2,3)20-12(19)8-4-5-9(15-11(8)14)17-7-6-10(18)16-17;5-4(6,7)3-1-2-3;1-2/h4-7H,1-3H3,(H,16,18);3H,1-2H2;1-2H2. The van der Waals surface area contributed by atoms with Crippen molar-refractivity contribution in [3.63, 3.8) is 0 Å². The van der Waals surface area contributed by atoms with Crippen molar-refractivity contribution in [1.29, 1.82) is 0 Å². The van der Waals surface area contributed by atoms with Crippen LogP contribution in [-0.4, -0.2) is 32.5 Å². The summed E-state index contributed by atoms with van der Waals surface area (Å²) < 4.78 is 40.4. The van der Waals surface area contributed by atoms with Gasteiger partial charge < -0.3 is 4.74 Å². The number of hydrogen-bond acceptors (Lipinski definition) is 4. The fourth-order valence-corrected chi connectivity index (χ4v) is 2.15. The number of ether oxygens (including phenoxy) is 1. The van der Waals surface area contributed by atoms with Crippen molar-refractivity contribution in [3.05, 3.63) is 58.6 Å². The van der Waals surface area contributed by atoms with Gasteiger partial charge in [-0.1, -0.05) is 11.6 Å². The molecule has 29 heavy (non-hydrogen) atoms. The quantitative estimate of drug-likeness (QED) is 0.414. The zero-order valence-corrected chi connectivity index (χ0v) is 17.1. The van der Waals surface area contributed by atoms with Gasteiger partial charge in [0.05, 0.1) is 11.5 Å². The van der Waals surface area contributed by atoms with Gasteiger partial charge in [-0.05, 0) is 45.7 Å². The Bertz CT molecular complexity index is 881. The molecule has 0 aliphatic heterocycles. The highest BCUT2D eigenvalue weighted by Gasteiger charge is 2.46. The van der Waals surface area contributed by atoms with Gasteiger partial charge in [-0.3, -0.25) is 9.89 Å². The van der Waals surface area contributed by atoms with Crippen LogP contribution in [0.3, 0.4) is 0 Å². The van der Waals surface area contributed by atoms with Crippen LogP contribution in [-0.2, 0) is 4.74 Å². The third-order valence-corrected chi connectivity index (χ3v) is 3.63. The predicted octanol–water partition coefficient (Wildman–Crippen LogP) is 4.93. The SMILES string of the molecule is C=C.CC(C)(C)OC(=O)c1ccc(-n2ccc(=O)[nH]2)nc1Cl.FC(F)(F)C1CC1. The minimum absolute atomic E-state index is 0.0197. The molecule has 10 heteroatoms. The van der Waals surface area contributed by atoms with Crippen LogP contribution in [0.15, 0.2) is 42.3 Å². The van der Waals surface area contributed by atoms with Crippen molar-refractivity contribution >= 4 is 17.6 Å². The third-order valence-electron chi connectivity index (χ3n) is 3.35. The zero-order valence-electron chi connectivity index (χ0n) is 16.3. The van der Waals surface area contributed by atoms with E-state index in [2.05, 4.69) is 23.2 Å². The van der Waals surface area contributed by atoms with E-state index in [1.165, 1.54) is 23.0 Å². The van der Waals surface area contributed by atoms with Gasteiger partial charge in [-0.2, -0.15) is 13.2 Å². The fraction of sp³-hybridized carbons (Fsp3) is 0.421. The Morgan fingerprint density at radius 3 is 2.17 bits per heavy atom. The minimum atomic E-state index is -3.89. The molecule has 1 N–H and O–H groups in total. The van der Waals surface area contributed by atoms with Crippen LogP contribution >= 0.6 is 11.6 Å². The summed E-state index contributed by atoms with van der Waals surface area (Å²) in [5.74, 6) is -1.08. The second-order valence-electron chi connectivity index (χ2n) is 6.99. The average molecular weight is 434 g/mol. The van der Waals surface area contributed by atoms with Gasteiger partial charge >= 0.3 is 12.1 Å². The van der Waals surface area contributed by atoms with E-state index in [1.54, 1.807) is 26.8 Å². The lowest BCUT2D eigenvalue weighted by molar-refractivity contribution is -0.147. The van der Waals surface area contributed by atoms with Crippen LogP contribution in [0.1, 0.15) is 44.0 Å². The first-order chi connectivity index (χ1) is 13.4. The molecule has 1 aliphatic rings. The second kappa shape index (κ2) is 9.78. The first-order valence-corrected chi connectivity index (χ1v) is 8.99. The van der Waals surface area contributed by atoms with Gasteiger partial charge in [0.25, 0.3) is 5.56 Å². The van der Waals surface area contributed by atoms with Gasteiger partial charge in [0.15, 0.2) is 5.82 Å². The monoisotopic (exact) mass is 433 g/mol. The molecule has 0 aromatic carbocycles. The Kier molecular flexibility index (Phi) is 8.25. The second-order valence-corrected chi connectivity index (χ2v) is 7.35. The molecule has 160 valence electrons. The van der Waals surface area contributed by atoms with Crippen molar-refractivity contribution in [2.75, 3.05) is 0 Å². The highest BCUT2D eigenvalue weighted by Crippen LogP contribution is 2.43. The number of nitrogens with one attached hydrogen (secondary N) is 1. The summed E-state index contributed by atoms with van der Waals surface area (Å²) in [6, 6.07) is 4.44. The highest BCUT2D eigenvalue weighted by atomic mass is 35.5. The molecule has 2 heterocycles. The van der Waals surface area contributed by atoms with Crippen molar-refractivity contribution < 1.29 is 22.7 Å². The van der Waals surface area contributed by atoms with Crippen LogP contribution in [0.4, 0.5) is 13.2 Å². The molecule has 1 saturated carbocycles. The van der Waals surface area contributed by atoms with Crippen molar-refractivity contribution in [3.8, 4) is 5.82 Å². The number of aromatic nitrogens is 3. The molecule has 0 unspecified atom stereocenters. The number of pyridine rings is 1. The molecule has 0 atom stereocenters. The van der Waals surface area contributed by atoms with E-state index in [0.717, 1.165) is 0 Å². The lowest BCUT2D eigenvalue weighted by Gasteiger charge is -2.19. The molecular formula is C19H23ClF3N3O3. The number of esters is 1. The number of H-pyrrole nitrogens is 1. The molecular weight excluding hydrogens is 411 g/mol. The number of rotatable bonds is 2. The van der Waals surface area contributed by atoms with Crippen LogP contribution in [0.5, 0.6) is 0 Å². The van der Waals surface area contributed by atoms with Crippen molar-refractivity contribution in [2.45, 2.75) is 45.4 Å². The molecule has 0 spiro atoms. The van der Waals surface area contributed by atoms with Crippen molar-refractivity contribution in [1.82, 2.24) is 14.8 Å². The molecule has 0 radical (unpaired) electrons. The summed E-state index contributed by atoms with van der Waals surface area (Å²) >= 11 is 5.99. The molecule has 1 aliphatic carbocycles. The van der Waals surface area contributed by atoms with E-state index in [4.69, 9.17) is 16.3 Å². The first-order valence-electron chi connectivity index (χ1n) is 8.61. The summed E-state index contributed by atoms with van der Waals surface area (Å²) in [4.78, 5) is 27.1. The molecule has 1 fully saturated rings. The molecule has 0 saturated heterocycles. The van der Waals surface area contributed by atoms with E-state index >= 15 is 0 Å². The fourth-order valence-electron chi connectivity index (χ4n) is 1.92. The summed E-state index contributed by atoms with van der Waals surface area (Å²) in [6.07, 6.45) is -1.67. The molecule has 6 nitrogen and oxygen atoms in total. The number of alkyl halides is 3. The highest BCUT2D eigenvalue weighted by molar-refractivity contribution is 6.32. The summed E-state index contributed by atoms with van der Waals surface area (Å²) in [5, 5.41) is 2.55. The Morgan fingerprint density at radius 1 is 1.24 bits per heavy atom. The van der Waals surface area contributed by atoms with E-state index < -0.39 is 23.7 Å². The van der Waals surface area contributed by atoms with Crippen molar-refractivity contribution in [2.24, 2.45) is 5.92 Å². The normalized spacial score (nSPS) is 13.5. The number of carbonyl (C=O) groups excluding carboxylic acids is 1. The Labute approximate surface area is 171 Å². The zero-order chi connectivity index (χ0) is 22.4. The number of carbonyl (C=O) groups is 1. The number of halogens is 4. The van der Waals surface area contributed by atoms with Gasteiger partial charge in [-0.15, -0.1) is 13.2 Å². The average Bonchev–Trinajstić information content (AvgIpc) is 3.38. The molecule has 2 aromatic rings. The van der Waals surface area contributed by atoms with E-state index in [-0.39, 0.29) is 16.3 Å². The maximum atomic E-state index is 11.9. The van der Waals surface area contributed by atoms with Crippen LogP contribution < -0.4 is 5.56 Å². The third kappa shape index (κ3) is 8.15. The van der Waals surface area contributed by atoms with Crippen LogP contribution in [0.25, 0.3) is 5.82 Å². The van der Waals surface area contributed by atoms with Gasteiger partial charge in [0.2, 0.25) is 0 Å². The van der Waals surface area contributed by atoms with E-state index in [0.29, 0.717) is 18.7 Å². The summed E-state index contributed by atoms with van der Waals surface area (Å²) in [7, 11) is 0.